The number of aromatic amines is 1. The first-order valence-electron chi connectivity index (χ1n) is 7.30. The third kappa shape index (κ3) is 2.58. The number of unbranched alkanes of at least 4 members (excludes halogenated alkanes) is 1. The molecule has 1 aliphatic heterocycles. The van der Waals surface area contributed by atoms with Crippen LogP contribution in [0.5, 0.6) is 11.5 Å². The van der Waals surface area contributed by atoms with E-state index in [0.29, 0.717) is 6.79 Å². The van der Waals surface area contributed by atoms with E-state index in [1.165, 1.54) is 12.8 Å². The van der Waals surface area contributed by atoms with Gasteiger partial charge >= 0.3 is 0 Å². The minimum Gasteiger partial charge on any atom is -0.454 e. The van der Waals surface area contributed by atoms with Crippen molar-refractivity contribution in [3.05, 3.63) is 18.0 Å². The zero-order chi connectivity index (χ0) is 13.9. The Labute approximate surface area is 118 Å². The second-order valence-corrected chi connectivity index (χ2v) is 5.13. The molecule has 0 spiro atoms. The lowest BCUT2D eigenvalue weighted by Crippen LogP contribution is -2.24. The molecule has 0 bridgehead atoms. The van der Waals surface area contributed by atoms with E-state index < -0.39 is 0 Å². The number of rotatable bonds is 6. The third-order valence-corrected chi connectivity index (χ3v) is 3.67. The molecule has 1 aromatic heterocycles. The number of hydrogen-bond acceptors (Lipinski definition) is 4. The lowest BCUT2D eigenvalue weighted by Gasteiger charge is -2.18. The smallest absolute Gasteiger partial charge is 0.231 e. The average Bonchev–Trinajstić information content (AvgIpc) is 3.05. The first kappa shape index (κ1) is 13.2. The van der Waals surface area contributed by atoms with Crippen molar-refractivity contribution in [3.63, 3.8) is 0 Å². The average molecular weight is 275 g/mol. The monoisotopic (exact) mass is 275 g/mol. The maximum atomic E-state index is 5.39. The van der Waals surface area contributed by atoms with Crippen LogP contribution in [0.4, 0.5) is 0 Å². The summed E-state index contributed by atoms with van der Waals surface area (Å²) in [5, 5.41) is 0. The number of hydrogen-bond donors (Lipinski definition) is 1. The molecule has 0 atom stereocenters. The minimum absolute atomic E-state index is 0.301. The molecule has 5 heteroatoms. The van der Waals surface area contributed by atoms with Crippen molar-refractivity contribution in [1.29, 1.82) is 0 Å². The van der Waals surface area contributed by atoms with Gasteiger partial charge < -0.3 is 14.5 Å². The Bertz CT molecular complexity index is 553. The van der Waals surface area contributed by atoms with Gasteiger partial charge in [0, 0.05) is 12.1 Å². The molecule has 2 aromatic rings. The fourth-order valence-corrected chi connectivity index (χ4v) is 2.47. The molecule has 0 unspecified atom stereocenters. The second kappa shape index (κ2) is 5.71. The highest BCUT2D eigenvalue weighted by atomic mass is 16.7. The van der Waals surface area contributed by atoms with Gasteiger partial charge in [-0.2, -0.15) is 0 Å². The number of fused-ring (bicyclic) bond motifs is 2. The maximum absolute atomic E-state index is 5.39. The Hall–Kier alpha value is -1.75. The molecule has 0 amide bonds. The molecule has 0 saturated heterocycles. The summed E-state index contributed by atoms with van der Waals surface area (Å²) < 4.78 is 10.8. The normalized spacial score (nSPS) is 13.6. The van der Waals surface area contributed by atoms with Crippen LogP contribution in [0, 0.1) is 0 Å². The molecule has 1 N–H and O–H groups in total. The number of benzene rings is 1. The maximum Gasteiger partial charge on any atom is 0.231 e. The molecule has 0 saturated carbocycles. The van der Waals surface area contributed by atoms with Crippen LogP contribution in [0.1, 0.15) is 32.5 Å². The molecular formula is C15H21N3O2. The second-order valence-electron chi connectivity index (χ2n) is 5.13. The third-order valence-electron chi connectivity index (χ3n) is 3.67. The molecule has 108 valence electrons. The zero-order valence-electron chi connectivity index (χ0n) is 12.1. The van der Waals surface area contributed by atoms with Gasteiger partial charge in [0.05, 0.1) is 17.6 Å². The van der Waals surface area contributed by atoms with Gasteiger partial charge in [-0.25, -0.2) is 4.98 Å². The van der Waals surface area contributed by atoms with Gasteiger partial charge in [0.15, 0.2) is 11.5 Å². The highest BCUT2D eigenvalue weighted by Crippen LogP contribution is 2.35. The predicted octanol–water partition coefficient (Wildman–Crippen LogP) is 2.91. The molecule has 0 fully saturated rings. The summed E-state index contributed by atoms with van der Waals surface area (Å²) in [6, 6.07) is 3.91. The molecule has 20 heavy (non-hydrogen) atoms. The Kier molecular flexibility index (Phi) is 3.78. The predicted molar refractivity (Wildman–Crippen MR) is 78.1 cm³/mol. The van der Waals surface area contributed by atoms with Crippen LogP contribution in [0.3, 0.4) is 0 Å². The van der Waals surface area contributed by atoms with Crippen molar-refractivity contribution in [2.45, 2.75) is 33.2 Å². The lowest BCUT2D eigenvalue weighted by molar-refractivity contribution is 0.174. The van der Waals surface area contributed by atoms with Gasteiger partial charge in [0.25, 0.3) is 0 Å². The van der Waals surface area contributed by atoms with Gasteiger partial charge in [-0.15, -0.1) is 0 Å². The van der Waals surface area contributed by atoms with E-state index in [0.717, 1.165) is 48.0 Å². The number of ether oxygens (including phenoxy) is 2. The number of nitrogens with zero attached hydrogens (tertiary/aromatic N) is 2. The molecule has 2 heterocycles. The van der Waals surface area contributed by atoms with E-state index in [4.69, 9.17) is 9.47 Å². The summed E-state index contributed by atoms with van der Waals surface area (Å²) in [7, 11) is 0. The van der Waals surface area contributed by atoms with Crippen molar-refractivity contribution in [2.24, 2.45) is 0 Å². The first-order chi connectivity index (χ1) is 9.80. The summed E-state index contributed by atoms with van der Waals surface area (Å²) in [5.74, 6) is 2.58. The van der Waals surface area contributed by atoms with Crippen molar-refractivity contribution in [2.75, 3.05) is 19.9 Å². The first-order valence-corrected chi connectivity index (χ1v) is 7.30. The van der Waals surface area contributed by atoms with Crippen LogP contribution in [0.2, 0.25) is 0 Å². The van der Waals surface area contributed by atoms with Crippen molar-refractivity contribution in [1.82, 2.24) is 14.9 Å². The Morgan fingerprint density at radius 1 is 1.25 bits per heavy atom. The topological polar surface area (TPSA) is 50.4 Å². The Morgan fingerprint density at radius 2 is 2.05 bits per heavy atom. The number of aromatic nitrogens is 2. The summed E-state index contributed by atoms with van der Waals surface area (Å²) in [5.41, 5.74) is 1.95. The number of nitrogens with one attached hydrogen (secondary N) is 1. The van der Waals surface area contributed by atoms with E-state index in [9.17, 15) is 0 Å². The van der Waals surface area contributed by atoms with Gasteiger partial charge in [-0.1, -0.05) is 20.3 Å². The van der Waals surface area contributed by atoms with E-state index >= 15 is 0 Å². The minimum atomic E-state index is 0.301. The molecule has 3 rings (SSSR count). The van der Waals surface area contributed by atoms with Gasteiger partial charge in [0.2, 0.25) is 6.79 Å². The van der Waals surface area contributed by atoms with Crippen molar-refractivity contribution < 1.29 is 9.47 Å². The summed E-state index contributed by atoms with van der Waals surface area (Å²) in [6.07, 6.45) is 2.45. The largest absolute Gasteiger partial charge is 0.454 e. The van der Waals surface area contributed by atoms with Crippen LogP contribution in [-0.2, 0) is 6.54 Å². The summed E-state index contributed by atoms with van der Waals surface area (Å²) in [4.78, 5) is 10.4. The molecule has 1 aromatic carbocycles. The number of imidazole rings is 1. The summed E-state index contributed by atoms with van der Waals surface area (Å²) >= 11 is 0. The molecule has 5 nitrogen and oxygen atoms in total. The number of H-pyrrole nitrogens is 1. The van der Waals surface area contributed by atoms with Crippen LogP contribution < -0.4 is 9.47 Å². The molecule has 1 aliphatic rings. The van der Waals surface area contributed by atoms with Crippen LogP contribution in [0.25, 0.3) is 11.0 Å². The van der Waals surface area contributed by atoms with Gasteiger partial charge in [-0.05, 0) is 19.5 Å². The Morgan fingerprint density at radius 3 is 2.80 bits per heavy atom. The van der Waals surface area contributed by atoms with Crippen LogP contribution in [-0.4, -0.2) is 34.8 Å². The van der Waals surface area contributed by atoms with E-state index in [-0.39, 0.29) is 0 Å². The lowest BCUT2D eigenvalue weighted by atomic mass is 10.3. The van der Waals surface area contributed by atoms with E-state index in [1.807, 2.05) is 12.1 Å². The SMILES string of the molecule is CCCCN(CC)Cc1nc2cc3c(cc2[nH]1)OCO3. The fourth-order valence-electron chi connectivity index (χ4n) is 2.47. The standard InChI is InChI=1S/C15H21N3O2/c1-3-5-6-18(4-2)9-15-16-11-7-13-14(20-10-19-13)8-12(11)17-15/h7-8H,3-6,9-10H2,1-2H3,(H,16,17). The van der Waals surface area contributed by atoms with Crippen molar-refractivity contribution >= 4 is 11.0 Å². The highest BCUT2D eigenvalue weighted by Gasteiger charge is 2.16. The zero-order valence-corrected chi connectivity index (χ0v) is 12.1. The van der Waals surface area contributed by atoms with Gasteiger partial charge in [-0.3, -0.25) is 4.90 Å². The van der Waals surface area contributed by atoms with Crippen LogP contribution in [0.15, 0.2) is 12.1 Å². The Balaban J connectivity index is 1.78. The molecular weight excluding hydrogens is 254 g/mol. The molecule has 0 radical (unpaired) electrons. The van der Waals surface area contributed by atoms with Gasteiger partial charge in [0.1, 0.15) is 5.82 Å². The fraction of sp³-hybridized carbons (Fsp3) is 0.533. The summed E-state index contributed by atoms with van der Waals surface area (Å²) in [6.45, 7) is 7.73. The van der Waals surface area contributed by atoms with E-state index in [1.54, 1.807) is 0 Å². The highest BCUT2D eigenvalue weighted by molar-refractivity contribution is 5.80. The van der Waals surface area contributed by atoms with Crippen molar-refractivity contribution in [3.8, 4) is 11.5 Å². The van der Waals surface area contributed by atoms with E-state index in [2.05, 4.69) is 28.7 Å². The van der Waals surface area contributed by atoms with Crippen LogP contribution >= 0.6 is 0 Å². The molecule has 0 aliphatic carbocycles. The quantitative estimate of drug-likeness (QED) is 0.880.